The highest BCUT2D eigenvalue weighted by Gasteiger charge is 2.32. The minimum atomic E-state index is 0. The molecule has 1 amide bonds. The summed E-state index contributed by atoms with van der Waals surface area (Å²) in [5.41, 5.74) is 7.53. The van der Waals surface area contributed by atoms with E-state index in [2.05, 4.69) is 12.0 Å². The van der Waals surface area contributed by atoms with E-state index in [1.165, 1.54) is 0 Å². The van der Waals surface area contributed by atoms with Gasteiger partial charge in [0.05, 0.1) is 6.54 Å². The van der Waals surface area contributed by atoms with Crippen LogP contribution in [0.5, 0.6) is 0 Å². The Morgan fingerprint density at radius 1 is 1.29 bits per heavy atom. The van der Waals surface area contributed by atoms with Crippen molar-refractivity contribution in [3.05, 3.63) is 53.9 Å². The third-order valence-corrected chi connectivity index (χ3v) is 4.39. The van der Waals surface area contributed by atoms with E-state index in [1.54, 1.807) is 6.20 Å². The van der Waals surface area contributed by atoms with Gasteiger partial charge in [-0.1, -0.05) is 18.2 Å². The Morgan fingerprint density at radius 3 is 2.67 bits per heavy atom. The van der Waals surface area contributed by atoms with Crippen molar-refractivity contribution in [2.45, 2.75) is 25.9 Å². The number of halogens is 2. The van der Waals surface area contributed by atoms with Crippen LogP contribution in [0.2, 0.25) is 0 Å². The average molecular weight is 371 g/mol. The molecule has 0 aliphatic carbocycles. The first-order chi connectivity index (χ1) is 10.7. The maximum absolute atomic E-state index is 12.9. The number of nitrogens with two attached hydrogens (primary N) is 1. The molecule has 2 N–H and O–H groups in total. The number of carbonyl (C=O) groups is 1. The summed E-state index contributed by atoms with van der Waals surface area (Å²) in [5.74, 6) is 0.517. The molecule has 5 nitrogen and oxygen atoms in total. The molecule has 1 fully saturated rings. The molecule has 3 rings (SSSR count). The number of carbonyl (C=O) groups excluding carboxylic acids is 1. The Balaban J connectivity index is 0.00000144. The van der Waals surface area contributed by atoms with Gasteiger partial charge < -0.3 is 10.6 Å². The van der Waals surface area contributed by atoms with Gasteiger partial charge >= 0.3 is 0 Å². The molecule has 2 aromatic rings. The molecule has 0 saturated carbocycles. The second-order valence-electron chi connectivity index (χ2n) is 6.00. The Hall–Kier alpha value is -1.56. The summed E-state index contributed by atoms with van der Waals surface area (Å²) < 4.78 is 1.84. The summed E-state index contributed by atoms with van der Waals surface area (Å²) in [5, 5.41) is 4.22. The van der Waals surface area contributed by atoms with Gasteiger partial charge in [-0.2, -0.15) is 5.10 Å². The molecular formula is C17H24Cl2N4O. The summed E-state index contributed by atoms with van der Waals surface area (Å²) in [6, 6.07) is 9.92. The lowest BCUT2D eigenvalue weighted by atomic mass is 10.1. The maximum atomic E-state index is 12.9. The van der Waals surface area contributed by atoms with Crippen LogP contribution in [0.25, 0.3) is 0 Å². The van der Waals surface area contributed by atoms with Crippen molar-refractivity contribution < 1.29 is 4.79 Å². The summed E-state index contributed by atoms with van der Waals surface area (Å²) in [6.45, 7) is 4.11. The number of likely N-dealkylation sites (tertiary alicyclic amines) is 1. The van der Waals surface area contributed by atoms with Gasteiger partial charge in [0.25, 0.3) is 5.91 Å². The fourth-order valence-electron chi connectivity index (χ4n) is 3.19. The molecule has 132 valence electrons. The van der Waals surface area contributed by atoms with E-state index in [-0.39, 0.29) is 36.8 Å². The SMILES string of the molecule is CC1CC(CN)CN1C(=O)c1ccccc1Cn1cccn1.Cl.Cl. The van der Waals surface area contributed by atoms with Crippen molar-refractivity contribution in [1.82, 2.24) is 14.7 Å². The summed E-state index contributed by atoms with van der Waals surface area (Å²) in [7, 11) is 0. The van der Waals surface area contributed by atoms with Crippen LogP contribution < -0.4 is 5.73 Å². The van der Waals surface area contributed by atoms with E-state index in [0.717, 1.165) is 24.1 Å². The number of aromatic nitrogens is 2. The second-order valence-corrected chi connectivity index (χ2v) is 6.00. The molecule has 1 saturated heterocycles. The van der Waals surface area contributed by atoms with Crippen molar-refractivity contribution in [1.29, 1.82) is 0 Å². The van der Waals surface area contributed by atoms with E-state index in [9.17, 15) is 4.79 Å². The second kappa shape index (κ2) is 9.06. The van der Waals surface area contributed by atoms with Gasteiger partial charge in [-0.25, -0.2) is 0 Å². The average Bonchev–Trinajstić information content (AvgIpc) is 3.16. The minimum Gasteiger partial charge on any atom is -0.336 e. The Bertz CT molecular complexity index is 648. The van der Waals surface area contributed by atoms with E-state index >= 15 is 0 Å². The van der Waals surface area contributed by atoms with E-state index < -0.39 is 0 Å². The molecule has 0 radical (unpaired) electrons. The molecule has 1 aromatic carbocycles. The fourth-order valence-corrected chi connectivity index (χ4v) is 3.19. The molecule has 0 bridgehead atoms. The van der Waals surface area contributed by atoms with E-state index in [4.69, 9.17) is 5.73 Å². The number of hydrogen-bond donors (Lipinski definition) is 1. The predicted octanol–water partition coefficient (Wildman–Crippen LogP) is 2.58. The van der Waals surface area contributed by atoms with Crippen molar-refractivity contribution in [2.75, 3.05) is 13.1 Å². The fraction of sp³-hybridized carbons (Fsp3) is 0.412. The molecule has 1 aliphatic heterocycles. The van der Waals surface area contributed by atoms with Crippen LogP contribution in [0, 0.1) is 5.92 Å². The van der Waals surface area contributed by atoms with Gasteiger partial charge in [-0.05, 0) is 43.5 Å². The molecule has 24 heavy (non-hydrogen) atoms. The predicted molar refractivity (Wildman–Crippen MR) is 99.9 cm³/mol. The molecule has 1 aromatic heterocycles. The molecule has 2 unspecified atom stereocenters. The van der Waals surface area contributed by atoms with Gasteiger partial charge in [0.1, 0.15) is 0 Å². The first-order valence-corrected chi connectivity index (χ1v) is 7.75. The van der Waals surface area contributed by atoms with E-state index in [0.29, 0.717) is 19.0 Å². The van der Waals surface area contributed by atoms with Crippen molar-refractivity contribution in [2.24, 2.45) is 11.7 Å². The zero-order valence-electron chi connectivity index (χ0n) is 13.7. The van der Waals surface area contributed by atoms with Crippen molar-refractivity contribution in [3.8, 4) is 0 Å². The van der Waals surface area contributed by atoms with Crippen LogP contribution >= 0.6 is 24.8 Å². The van der Waals surface area contributed by atoms with Crippen molar-refractivity contribution >= 4 is 30.7 Å². The molecule has 0 spiro atoms. The van der Waals surface area contributed by atoms with Crippen LogP contribution in [0.15, 0.2) is 42.7 Å². The number of nitrogens with zero attached hydrogens (tertiary/aromatic N) is 3. The number of amides is 1. The first kappa shape index (κ1) is 20.5. The van der Waals surface area contributed by atoms with Crippen LogP contribution in [0.1, 0.15) is 29.3 Å². The van der Waals surface area contributed by atoms with Gasteiger partial charge in [0, 0.05) is 30.5 Å². The minimum absolute atomic E-state index is 0. The summed E-state index contributed by atoms with van der Waals surface area (Å²) in [4.78, 5) is 14.9. The topological polar surface area (TPSA) is 64.2 Å². The lowest BCUT2D eigenvalue weighted by molar-refractivity contribution is 0.0742. The summed E-state index contributed by atoms with van der Waals surface area (Å²) >= 11 is 0. The van der Waals surface area contributed by atoms with Crippen LogP contribution in [-0.4, -0.2) is 39.7 Å². The van der Waals surface area contributed by atoms with E-state index in [1.807, 2.05) is 46.1 Å². The lowest BCUT2D eigenvalue weighted by Crippen LogP contribution is -2.35. The summed E-state index contributed by atoms with van der Waals surface area (Å²) in [6.07, 6.45) is 4.65. The Kier molecular flexibility index (Phi) is 7.73. The number of benzene rings is 1. The van der Waals surface area contributed by atoms with Gasteiger partial charge in [-0.15, -0.1) is 24.8 Å². The smallest absolute Gasteiger partial charge is 0.254 e. The third-order valence-electron chi connectivity index (χ3n) is 4.39. The van der Waals surface area contributed by atoms with Gasteiger partial charge in [0.15, 0.2) is 0 Å². The monoisotopic (exact) mass is 370 g/mol. The standard InChI is InChI=1S/C17H22N4O.2ClH/c1-13-9-14(10-18)11-21(13)17(22)16-6-3-2-5-15(16)12-20-8-4-7-19-20;;/h2-8,13-14H,9-12,18H2,1H3;2*1H. The molecule has 7 heteroatoms. The highest BCUT2D eigenvalue weighted by Crippen LogP contribution is 2.25. The molecule has 1 aliphatic rings. The largest absolute Gasteiger partial charge is 0.336 e. The zero-order valence-corrected chi connectivity index (χ0v) is 15.3. The van der Waals surface area contributed by atoms with Crippen molar-refractivity contribution in [3.63, 3.8) is 0 Å². The van der Waals surface area contributed by atoms with Crippen LogP contribution in [0.4, 0.5) is 0 Å². The quantitative estimate of drug-likeness (QED) is 0.899. The Morgan fingerprint density at radius 2 is 2.04 bits per heavy atom. The third kappa shape index (κ3) is 4.29. The number of hydrogen-bond acceptors (Lipinski definition) is 3. The highest BCUT2D eigenvalue weighted by molar-refractivity contribution is 5.96. The lowest BCUT2D eigenvalue weighted by Gasteiger charge is -2.23. The molecule has 2 atom stereocenters. The van der Waals surface area contributed by atoms with Crippen LogP contribution in [-0.2, 0) is 6.54 Å². The highest BCUT2D eigenvalue weighted by atomic mass is 35.5. The normalized spacial score (nSPS) is 19.5. The van der Waals surface area contributed by atoms with Gasteiger partial charge in [-0.3, -0.25) is 9.48 Å². The maximum Gasteiger partial charge on any atom is 0.254 e. The number of rotatable bonds is 4. The van der Waals surface area contributed by atoms with Gasteiger partial charge in [0.2, 0.25) is 0 Å². The first-order valence-electron chi connectivity index (χ1n) is 7.75. The van der Waals surface area contributed by atoms with Crippen LogP contribution in [0.3, 0.4) is 0 Å². The molecule has 2 heterocycles. The Labute approximate surface area is 155 Å². The zero-order chi connectivity index (χ0) is 15.5. The molecular weight excluding hydrogens is 347 g/mol.